The molecule has 2 atom stereocenters. The predicted octanol–water partition coefficient (Wildman–Crippen LogP) is 2.36. The Morgan fingerprint density at radius 1 is 1.39 bits per heavy atom. The molecule has 6 nitrogen and oxygen atoms in total. The summed E-state index contributed by atoms with van der Waals surface area (Å²) in [5.74, 6) is -1.48. The second-order valence-corrected chi connectivity index (χ2v) is 6.16. The lowest BCUT2D eigenvalue weighted by Crippen LogP contribution is -2.45. The van der Waals surface area contributed by atoms with Crippen LogP contribution in [0.2, 0.25) is 0 Å². The van der Waals surface area contributed by atoms with Gasteiger partial charge in [-0.1, -0.05) is 26.3 Å². The van der Waals surface area contributed by atoms with Gasteiger partial charge in [0.25, 0.3) is 0 Å². The molecule has 1 amide bonds. The fraction of sp³-hybridized carbons (Fsp3) is 0.375. The predicted molar refractivity (Wildman–Crippen MR) is 88.1 cm³/mol. The van der Waals surface area contributed by atoms with Crippen molar-refractivity contribution in [3.63, 3.8) is 0 Å². The van der Waals surface area contributed by atoms with Crippen molar-refractivity contribution in [2.24, 2.45) is 5.92 Å². The Hall–Kier alpha value is -2.28. The Morgan fingerprint density at radius 3 is 2.78 bits per heavy atom. The summed E-state index contributed by atoms with van der Waals surface area (Å²) in [5, 5.41) is 14.3. The van der Waals surface area contributed by atoms with Gasteiger partial charge in [-0.25, -0.2) is 9.78 Å². The van der Waals surface area contributed by atoms with Gasteiger partial charge in [0.15, 0.2) is 0 Å². The molecule has 0 aliphatic carbocycles. The van der Waals surface area contributed by atoms with E-state index in [0.29, 0.717) is 12.1 Å². The second kappa shape index (κ2) is 7.82. The third kappa shape index (κ3) is 4.59. The maximum Gasteiger partial charge on any atom is 0.326 e. The van der Waals surface area contributed by atoms with Gasteiger partial charge in [0, 0.05) is 11.6 Å². The van der Waals surface area contributed by atoms with E-state index in [9.17, 15) is 14.7 Å². The summed E-state index contributed by atoms with van der Waals surface area (Å²) in [6.07, 6.45) is 2.42. The van der Waals surface area contributed by atoms with Crippen molar-refractivity contribution in [1.29, 1.82) is 0 Å². The number of nitrogens with zero attached hydrogens (tertiary/aromatic N) is 2. The number of aliphatic carboxylic acids is 1. The minimum Gasteiger partial charge on any atom is -0.480 e. The molecule has 0 unspecified atom stereocenters. The van der Waals surface area contributed by atoms with E-state index < -0.39 is 12.0 Å². The SMILES string of the molecule is CC[C@H](C)[C@H](NC(=O)Cc1csc(-c2ccccn2)n1)C(=O)O. The minimum atomic E-state index is -1.01. The highest BCUT2D eigenvalue weighted by atomic mass is 32.1. The van der Waals surface area contributed by atoms with Crippen LogP contribution in [0.3, 0.4) is 0 Å². The van der Waals surface area contributed by atoms with E-state index in [2.05, 4.69) is 15.3 Å². The van der Waals surface area contributed by atoms with E-state index in [0.717, 1.165) is 10.7 Å². The number of hydrogen-bond donors (Lipinski definition) is 2. The maximum absolute atomic E-state index is 12.1. The third-order valence-corrected chi connectivity index (χ3v) is 4.49. The van der Waals surface area contributed by atoms with Crippen LogP contribution in [0.15, 0.2) is 29.8 Å². The number of pyridine rings is 1. The summed E-state index contributed by atoms with van der Waals surface area (Å²) in [4.78, 5) is 31.9. The van der Waals surface area contributed by atoms with E-state index in [1.807, 2.05) is 25.1 Å². The van der Waals surface area contributed by atoms with E-state index in [4.69, 9.17) is 0 Å². The number of hydrogen-bond acceptors (Lipinski definition) is 5. The van der Waals surface area contributed by atoms with Gasteiger partial charge < -0.3 is 10.4 Å². The average Bonchev–Trinajstić information content (AvgIpc) is 3.01. The van der Waals surface area contributed by atoms with Crippen LogP contribution in [-0.2, 0) is 16.0 Å². The van der Waals surface area contributed by atoms with Crippen molar-refractivity contribution in [2.75, 3.05) is 0 Å². The van der Waals surface area contributed by atoms with Gasteiger partial charge in [-0.2, -0.15) is 0 Å². The molecule has 7 heteroatoms. The van der Waals surface area contributed by atoms with Crippen LogP contribution >= 0.6 is 11.3 Å². The highest BCUT2D eigenvalue weighted by Crippen LogP contribution is 2.21. The van der Waals surface area contributed by atoms with Gasteiger partial charge in [-0.15, -0.1) is 11.3 Å². The molecule has 122 valence electrons. The second-order valence-electron chi connectivity index (χ2n) is 5.30. The molecule has 0 aliphatic heterocycles. The van der Waals surface area contributed by atoms with Crippen molar-refractivity contribution in [3.8, 4) is 10.7 Å². The molecule has 2 rings (SSSR count). The van der Waals surface area contributed by atoms with Crippen molar-refractivity contribution >= 4 is 23.2 Å². The Labute approximate surface area is 138 Å². The van der Waals surface area contributed by atoms with Crippen LogP contribution in [0.4, 0.5) is 0 Å². The fourth-order valence-corrected chi connectivity index (χ4v) is 2.86. The monoisotopic (exact) mass is 333 g/mol. The number of carbonyl (C=O) groups excluding carboxylic acids is 1. The van der Waals surface area contributed by atoms with E-state index >= 15 is 0 Å². The molecule has 23 heavy (non-hydrogen) atoms. The summed E-state index contributed by atoms with van der Waals surface area (Å²) < 4.78 is 0. The zero-order valence-electron chi connectivity index (χ0n) is 13.0. The number of rotatable bonds is 7. The number of carboxylic acids is 1. The zero-order valence-corrected chi connectivity index (χ0v) is 13.8. The molecule has 2 aromatic heterocycles. The van der Waals surface area contributed by atoms with Gasteiger partial charge in [0.05, 0.1) is 17.8 Å². The molecule has 0 bridgehead atoms. The summed E-state index contributed by atoms with van der Waals surface area (Å²) >= 11 is 1.41. The number of carboxylic acid groups (broad SMARTS) is 1. The Bertz CT molecular complexity index is 672. The summed E-state index contributed by atoms with van der Waals surface area (Å²) in [5.41, 5.74) is 1.37. The molecule has 0 aliphatic rings. The van der Waals surface area contributed by atoms with Crippen molar-refractivity contribution in [3.05, 3.63) is 35.5 Å². The summed E-state index contributed by atoms with van der Waals surface area (Å²) in [6.45, 7) is 3.70. The first-order valence-corrected chi connectivity index (χ1v) is 8.27. The average molecular weight is 333 g/mol. The Kier molecular flexibility index (Phi) is 5.81. The molecule has 0 radical (unpaired) electrons. The first-order valence-electron chi connectivity index (χ1n) is 7.39. The highest BCUT2D eigenvalue weighted by Gasteiger charge is 2.25. The number of aromatic nitrogens is 2. The Balaban J connectivity index is 2.01. The number of amides is 1. The van der Waals surface area contributed by atoms with Gasteiger partial charge in [-0.3, -0.25) is 9.78 Å². The van der Waals surface area contributed by atoms with E-state index in [1.54, 1.807) is 18.5 Å². The van der Waals surface area contributed by atoms with Crippen LogP contribution in [0.5, 0.6) is 0 Å². The standard InChI is InChI=1S/C16H19N3O3S/c1-3-10(2)14(16(21)22)19-13(20)8-11-9-23-15(18-11)12-6-4-5-7-17-12/h4-7,9-10,14H,3,8H2,1-2H3,(H,19,20)(H,21,22)/t10-,14-/m0/s1. The van der Waals surface area contributed by atoms with Gasteiger partial charge in [0.2, 0.25) is 5.91 Å². The van der Waals surface area contributed by atoms with E-state index in [-0.39, 0.29) is 18.2 Å². The number of thiazole rings is 1. The molecular weight excluding hydrogens is 314 g/mol. The van der Waals surface area contributed by atoms with Crippen molar-refractivity contribution < 1.29 is 14.7 Å². The molecule has 2 N–H and O–H groups in total. The van der Waals surface area contributed by atoms with Crippen LogP contribution in [-0.4, -0.2) is 33.0 Å². The minimum absolute atomic E-state index is 0.0591. The third-order valence-electron chi connectivity index (χ3n) is 3.57. The largest absolute Gasteiger partial charge is 0.480 e. The Morgan fingerprint density at radius 2 is 2.17 bits per heavy atom. The summed E-state index contributed by atoms with van der Waals surface area (Å²) in [7, 11) is 0. The first kappa shape index (κ1) is 17.1. The fourth-order valence-electron chi connectivity index (χ4n) is 2.07. The quantitative estimate of drug-likeness (QED) is 0.811. The molecule has 2 aromatic rings. The molecule has 2 heterocycles. The molecule has 0 spiro atoms. The lowest BCUT2D eigenvalue weighted by atomic mass is 9.99. The lowest BCUT2D eigenvalue weighted by molar-refractivity contribution is -0.143. The molecular formula is C16H19N3O3S. The highest BCUT2D eigenvalue weighted by molar-refractivity contribution is 7.13. The smallest absolute Gasteiger partial charge is 0.326 e. The topological polar surface area (TPSA) is 92.2 Å². The first-order chi connectivity index (χ1) is 11.0. The van der Waals surface area contributed by atoms with Gasteiger partial charge in [-0.05, 0) is 18.1 Å². The molecule has 0 aromatic carbocycles. The van der Waals surface area contributed by atoms with E-state index in [1.165, 1.54) is 11.3 Å². The van der Waals surface area contributed by atoms with Crippen molar-refractivity contribution in [2.45, 2.75) is 32.7 Å². The molecule has 0 fully saturated rings. The normalized spacial score (nSPS) is 13.3. The molecule has 0 saturated carbocycles. The number of nitrogens with one attached hydrogen (secondary N) is 1. The zero-order chi connectivity index (χ0) is 16.8. The summed E-state index contributed by atoms with van der Waals surface area (Å²) in [6, 6.07) is 4.68. The lowest BCUT2D eigenvalue weighted by Gasteiger charge is -2.19. The van der Waals surface area contributed by atoms with Crippen LogP contribution in [0, 0.1) is 5.92 Å². The van der Waals surface area contributed by atoms with Crippen LogP contribution < -0.4 is 5.32 Å². The van der Waals surface area contributed by atoms with Crippen molar-refractivity contribution in [1.82, 2.24) is 15.3 Å². The molecule has 0 saturated heterocycles. The van der Waals surface area contributed by atoms with Gasteiger partial charge >= 0.3 is 5.97 Å². The van der Waals surface area contributed by atoms with Gasteiger partial charge in [0.1, 0.15) is 11.0 Å². The van der Waals surface area contributed by atoms with Crippen LogP contribution in [0.25, 0.3) is 10.7 Å². The van der Waals surface area contributed by atoms with Crippen LogP contribution in [0.1, 0.15) is 26.0 Å². The number of carbonyl (C=O) groups is 2. The maximum atomic E-state index is 12.1.